The van der Waals surface area contributed by atoms with Crippen molar-refractivity contribution in [2.45, 2.75) is 45.7 Å². The molecule has 1 aliphatic heterocycles. The lowest BCUT2D eigenvalue weighted by atomic mass is 10.2. The molecule has 0 aromatic rings. The first-order valence-corrected chi connectivity index (χ1v) is 6.33. The maximum atomic E-state index is 5.39. The van der Waals surface area contributed by atoms with E-state index in [1.54, 1.807) is 0 Å². The van der Waals surface area contributed by atoms with Gasteiger partial charge in [0.15, 0.2) is 0 Å². The summed E-state index contributed by atoms with van der Waals surface area (Å²) in [6, 6.07) is 1.23. The highest BCUT2D eigenvalue weighted by Gasteiger charge is 2.22. The molecular formula is C12H26N2O. The number of likely N-dealkylation sites (N-methyl/N-ethyl adjacent to an activating group) is 1. The fraction of sp³-hybridized carbons (Fsp3) is 1.00. The molecule has 90 valence electrons. The molecule has 1 fully saturated rings. The summed E-state index contributed by atoms with van der Waals surface area (Å²) in [5, 5.41) is 3.56. The van der Waals surface area contributed by atoms with Crippen molar-refractivity contribution in [1.82, 2.24) is 10.2 Å². The number of ether oxygens (including phenoxy) is 1. The summed E-state index contributed by atoms with van der Waals surface area (Å²) in [6.45, 7) is 11.7. The Hall–Kier alpha value is -0.120. The number of hydrogen-bond acceptors (Lipinski definition) is 3. The summed E-state index contributed by atoms with van der Waals surface area (Å²) < 4.78 is 5.39. The normalized spacial score (nSPS) is 24.6. The Labute approximate surface area is 94.2 Å². The van der Waals surface area contributed by atoms with Crippen LogP contribution in [0.15, 0.2) is 0 Å². The van der Waals surface area contributed by atoms with Gasteiger partial charge >= 0.3 is 0 Å². The third-order valence-electron chi connectivity index (χ3n) is 3.18. The van der Waals surface area contributed by atoms with E-state index < -0.39 is 0 Å². The van der Waals surface area contributed by atoms with E-state index in [-0.39, 0.29) is 0 Å². The first-order valence-electron chi connectivity index (χ1n) is 6.33. The molecule has 0 bridgehead atoms. The predicted octanol–water partition coefficient (Wildman–Crippen LogP) is 1.49. The zero-order chi connectivity index (χ0) is 11.1. The second-order valence-electron chi connectivity index (χ2n) is 4.39. The van der Waals surface area contributed by atoms with Crippen LogP contribution < -0.4 is 5.32 Å². The van der Waals surface area contributed by atoms with Crippen LogP contribution in [0.5, 0.6) is 0 Å². The smallest absolute Gasteiger partial charge is 0.0616 e. The minimum absolute atomic E-state index is 0.476. The average Bonchev–Trinajstić information content (AvgIpc) is 2.70. The van der Waals surface area contributed by atoms with E-state index in [4.69, 9.17) is 4.74 Å². The molecule has 3 heteroatoms. The molecule has 3 nitrogen and oxygen atoms in total. The van der Waals surface area contributed by atoms with Gasteiger partial charge in [-0.1, -0.05) is 6.92 Å². The fourth-order valence-electron chi connectivity index (χ4n) is 2.23. The summed E-state index contributed by atoms with van der Waals surface area (Å²) in [5.41, 5.74) is 0. The van der Waals surface area contributed by atoms with E-state index in [2.05, 4.69) is 24.1 Å². The van der Waals surface area contributed by atoms with Crippen molar-refractivity contribution in [1.29, 1.82) is 0 Å². The lowest BCUT2D eigenvalue weighted by Gasteiger charge is -2.24. The maximum Gasteiger partial charge on any atom is 0.0616 e. The Morgan fingerprint density at radius 2 is 2.27 bits per heavy atom. The van der Waals surface area contributed by atoms with Gasteiger partial charge in [-0.25, -0.2) is 0 Å². The van der Waals surface area contributed by atoms with E-state index in [0.717, 1.165) is 25.8 Å². The number of rotatable bonds is 7. The Kier molecular flexibility index (Phi) is 6.22. The molecule has 0 aliphatic carbocycles. The standard InChI is InChI=1S/C12H26N2O/c1-4-14-8-6-7-12(14)9-13-11(3)10-15-5-2/h11-13H,4-10H2,1-3H3. The van der Waals surface area contributed by atoms with Crippen LogP contribution in [0.2, 0.25) is 0 Å². The molecule has 0 amide bonds. The van der Waals surface area contributed by atoms with E-state index in [1.165, 1.54) is 25.9 Å². The quantitative estimate of drug-likeness (QED) is 0.695. The molecule has 0 spiro atoms. The van der Waals surface area contributed by atoms with Gasteiger partial charge in [0.1, 0.15) is 0 Å². The molecule has 0 radical (unpaired) electrons. The lowest BCUT2D eigenvalue weighted by Crippen LogP contribution is -2.42. The molecule has 0 aromatic heterocycles. The summed E-state index contributed by atoms with van der Waals surface area (Å²) in [7, 11) is 0. The highest BCUT2D eigenvalue weighted by Crippen LogP contribution is 2.15. The van der Waals surface area contributed by atoms with Gasteiger partial charge in [-0.3, -0.25) is 4.90 Å². The van der Waals surface area contributed by atoms with E-state index in [9.17, 15) is 0 Å². The molecule has 1 heterocycles. The van der Waals surface area contributed by atoms with Crippen molar-refractivity contribution < 1.29 is 4.74 Å². The monoisotopic (exact) mass is 214 g/mol. The molecular weight excluding hydrogens is 188 g/mol. The Balaban J connectivity index is 2.12. The molecule has 0 saturated carbocycles. The summed E-state index contributed by atoms with van der Waals surface area (Å²) >= 11 is 0. The third kappa shape index (κ3) is 4.49. The van der Waals surface area contributed by atoms with Gasteiger partial charge in [0, 0.05) is 25.2 Å². The van der Waals surface area contributed by atoms with Crippen LogP contribution in [0.1, 0.15) is 33.6 Å². The van der Waals surface area contributed by atoms with Crippen LogP contribution >= 0.6 is 0 Å². The van der Waals surface area contributed by atoms with Crippen molar-refractivity contribution in [3.05, 3.63) is 0 Å². The van der Waals surface area contributed by atoms with Gasteiger partial charge < -0.3 is 10.1 Å². The van der Waals surface area contributed by atoms with Crippen LogP contribution in [-0.2, 0) is 4.74 Å². The largest absolute Gasteiger partial charge is 0.380 e. The number of hydrogen-bond donors (Lipinski definition) is 1. The molecule has 0 aromatic carbocycles. The SMILES string of the molecule is CCOCC(C)NCC1CCCN1CC. The van der Waals surface area contributed by atoms with Crippen LogP contribution in [0.25, 0.3) is 0 Å². The first-order chi connectivity index (χ1) is 7.27. The highest BCUT2D eigenvalue weighted by atomic mass is 16.5. The van der Waals surface area contributed by atoms with Gasteiger partial charge in [-0.2, -0.15) is 0 Å². The zero-order valence-electron chi connectivity index (χ0n) is 10.5. The van der Waals surface area contributed by atoms with Crippen LogP contribution in [-0.4, -0.2) is 49.8 Å². The predicted molar refractivity (Wildman–Crippen MR) is 64.2 cm³/mol. The molecule has 15 heavy (non-hydrogen) atoms. The number of nitrogens with zero attached hydrogens (tertiary/aromatic N) is 1. The van der Waals surface area contributed by atoms with Crippen molar-refractivity contribution in [3.8, 4) is 0 Å². The van der Waals surface area contributed by atoms with Gasteiger partial charge in [0.25, 0.3) is 0 Å². The van der Waals surface area contributed by atoms with Gasteiger partial charge in [0.2, 0.25) is 0 Å². The highest BCUT2D eigenvalue weighted by molar-refractivity contribution is 4.80. The van der Waals surface area contributed by atoms with Crippen molar-refractivity contribution in [2.75, 3.05) is 32.8 Å². The third-order valence-corrected chi connectivity index (χ3v) is 3.18. The second kappa shape index (κ2) is 7.20. The van der Waals surface area contributed by atoms with Crippen LogP contribution in [0, 0.1) is 0 Å². The van der Waals surface area contributed by atoms with Crippen LogP contribution in [0.3, 0.4) is 0 Å². The molecule has 1 rings (SSSR count). The molecule has 2 atom stereocenters. The zero-order valence-corrected chi connectivity index (χ0v) is 10.5. The van der Waals surface area contributed by atoms with E-state index in [0.29, 0.717) is 6.04 Å². The number of nitrogens with one attached hydrogen (secondary N) is 1. The molecule has 2 unspecified atom stereocenters. The molecule has 1 N–H and O–H groups in total. The molecule has 1 aliphatic rings. The van der Waals surface area contributed by atoms with Crippen molar-refractivity contribution >= 4 is 0 Å². The minimum Gasteiger partial charge on any atom is -0.380 e. The van der Waals surface area contributed by atoms with E-state index >= 15 is 0 Å². The van der Waals surface area contributed by atoms with Gasteiger partial charge in [0.05, 0.1) is 6.61 Å². The Morgan fingerprint density at radius 3 is 2.93 bits per heavy atom. The van der Waals surface area contributed by atoms with Gasteiger partial charge in [-0.15, -0.1) is 0 Å². The van der Waals surface area contributed by atoms with Crippen molar-refractivity contribution in [3.63, 3.8) is 0 Å². The fourth-order valence-corrected chi connectivity index (χ4v) is 2.23. The topological polar surface area (TPSA) is 24.5 Å². The second-order valence-corrected chi connectivity index (χ2v) is 4.39. The average molecular weight is 214 g/mol. The van der Waals surface area contributed by atoms with Gasteiger partial charge in [-0.05, 0) is 39.8 Å². The lowest BCUT2D eigenvalue weighted by molar-refractivity contribution is 0.124. The number of likely N-dealkylation sites (tertiary alicyclic amines) is 1. The van der Waals surface area contributed by atoms with Crippen molar-refractivity contribution in [2.24, 2.45) is 0 Å². The van der Waals surface area contributed by atoms with E-state index in [1.807, 2.05) is 6.92 Å². The van der Waals surface area contributed by atoms with Crippen LogP contribution in [0.4, 0.5) is 0 Å². The Bertz CT molecular complexity index is 164. The Morgan fingerprint density at radius 1 is 1.47 bits per heavy atom. The first kappa shape index (κ1) is 12.9. The summed E-state index contributed by atoms with van der Waals surface area (Å²) in [4.78, 5) is 2.57. The molecule has 1 saturated heterocycles. The summed E-state index contributed by atoms with van der Waals surface area (Å²) in [5.74, 6) is 0. The summed E-state index contributed by atoms with van der Waals surface area (Å²) in [6.07, 6.45) is 2.71. The minimum atomic E-state index is 0.476. The maximum absolute atomic E-state index is 5.39.